The Labute approximate surface area is 141 Å². The third-order valence-electron chi connectivity index (χ3n) is 3.89. The lowest BCUT2D eigenvalue weighted by atomic mass is 10.2. The van der Waals surface area contributed by atoms with Gasteiger partial charge in [-0.25, -0.2) is 0 Å². The van der Waals surface area contributed by atoms with E-state index in [0.717, 1.165) is 5.56 Å². The first-order chi connectivity index (χ1) is 10.8. The van der Waals surface area contributed by atoms with E-state index in [1.807, 2.05) is 20.8 Å². The average Bonchev–Trinajstić information content (AvgIpc) is 3.28. The lowest BCUT2D eigenvalue weighted by Crippen LogP contribution is -2.30. The van der Waals surface area contributed by atoms with Crippen LogP contribution < -0.4 is 15.4 Å². The molecular formula is C17H23ClN2O3. The summed E-state index contributed by atoms with van der Waals surface area (Å²) in [4.78, 5) is 24.3. The number of nitrogens with one attached hydrogen (secondary N) is 2. The Morgan fingerprint density at radius 2 is 1.96 bits per heavy atom. The second-order valence-corrected chi connectivity index (χ2v) is 6.79. The number of aryl methyl sites for hydroxylation is 1. The van der Waals surface area contributed by atoms with Crippen LogP contribution in [0.5, 0.6) is 5.75 Å². The van der Waals surface area contributed by atoms with Crippen LogP contribution in [0.1, 0.15) is 25.8 Å². The molecule has 2 N–H and O–H groups in total. The second kappa shape index (κ2) is 7.21. The molecule has 1 aromatic rings. The standard InChI is InChI=1S/C17H23ClN2O3/c1-9(2)8-19-16(21)11-6-12(11)17(22)20-14-5-10(3)13(18)7-15(14)23-4/h5,7,9,11-12H,6,8H2,1-4H3,(H,19,21)(H,20,22). The minimum atomic E-state index is -0.275. The van der Waals surface area contributed by atoms with E-state index in [1.54, 1.807) is 12.1 Å². The average molecular weight is 339 g/mol. The number of carbonyl (C=O) groups is 2. The summed E-state index contributed by atoms with van der Waals surface area (Å²) in [5.41, 5.74) is 1.43. The smallest absolute Gasteiger partial charge is 0.228 e. The number of benzene rings is 1. The third kappa shape index (κ3) is 4.38. The molecule has 1 fully saturated rings. The van der Waals surface area contributed by atoms with E-state index in [2.05, 4.69) is 10.6 Å². The Balaban J connectivity index is 1.96. The topological polar surface area (TPSA) is 67.4 Å². The van der Waals surface area contributed by atoms with E-state index < -0.39 is 0 Å². The summed E-state index contributed by atoms with van der Waals surface area (Å²) in [6.07, 6.45) is 0.588. The number of hydrogen-bond acceptors (Lipinski definition) is 3. The zero-order valence-corrected chi connectivity index (χ0v) is 14.7. The maximum atomic E-state index is 12.3. The van der Waals surface area contributed by atoms with Gasteiger partial charge in [0, 0.05) is 17.6 Å². The van der Waals surface area contributed by atoms with E-state index in [9.17, 15) is 9.59 Å². The fourth-order valence-corrected chi connectivity index (χ4v) is 2.52. The molecular weight excluding hydrogens is 316 g/mol. The zero-order chi connectivity index (χ0) is 17.1. The molecule has 23 heavy (non-hydrogen) atoms. The molecule has 0 bridgehead atoms. The monoisotopic (exact) mass is 338 g/mol. The Kier molecular flexibility index (Phi) is 5.52. The van der Waals surface area contributed by atoms with Gasteiger partial charge < -0.3 is 15.4 Å². The number of ether oxygens (including phenoxy) is 1. The summed E-state index contributed by atoms with van der Waals surface area (Å²) >= 11 is 6.06. The van der Waals surface area contributed by atoms with Crippen LogP contribution in [0.4, 0.5) is 5.69 Å². The van der Waals surface area contributed by atoms with Crippen molar-refractivity contribution in [3.05, 3.63) is 22.7 Å². The predicted molar refractivity (Wildman–Crippen MR) is 90.8 cm³/mol. The molecule has 2 atom stereocenters. The maximum absolute atomic E-state index is 12.3. The lowest BCUT2D eigenvalue weighted by molar-refractivity contribution is -0.125. The van der Waals surface area contributed by atoms with Gasteiger partial charge >= 0.3 is 0 Å². The number of rotatable bonds is 6. The Morgan fingerprint density at radius 1 is 1.30 bits per heavy atom. The first kappa shape index (κ1) is 17.6. The van der Waals surface area contributed by atoms with Crippen LogP contribution in [0.2, 0.25) is 5.02 Å². The SMILES string of the molecule is COc1cc(Cl)c(C)cc1NC(=O)C1CC1C(=O)NCC(C)C. The Hall–Kier alpha value is -1.75. The van der Waals surface area contributed by atoms with Crippen molar-refractivity contribution in [1.82, 2.24) is 5.32 Å². The van der Waals surface area contributed by atoms with E-state index in [0.29, 0.717) is 35.3 Å². The molecule has 0 saturated heterocycles. The van der Waals surface area contributed by atoms with Crippen molar-refractivity contribution in [3.8, 4) is 5.75 Å². The molecule has 1 aliphatic rings. The molecule has 2 rings (SSSR count). The van der Waals surface area contributed by atoms with Crippen molar-refractivity contribution >= 4 is 29.1 Å². The molecule has 0 radical (unpaired) electrons. The number of hydrogen-bond donors (Lipinski definition) is 2. The number of carbonyl (C=O) groups excluding carboxylic acids is 2. The first-order valence-electron chi connectivity index (χ1n) is 7.76. The van der Waals surface area contributed by atoms with Gasteiger partial charge in [0.25, 0.3) is 0 Å². The maximum Gasteiger partial charge on any atom is 0.228 e. The molecule has 0 spiro atoms. The predicted octanol–water partition coefficient (Wildman–Crippen LogP) is 3.00. The molecule has 1 aromatic carbocycles. The van der Waals surface area contributed by atoms with Crippen molar-refractivity contribution < 1.29 is 14.3 Å². The van der Waals surface area contributed by atoms with Crippen LogP contribution >= 0.6 is 11.6 Å². The molecule has 0 aromatic heterocycles. The number of amides is 2. The van der Waals surface area contributed by atoms with E-state index in [1.165, 1.54) is 7.11 Å². The molecule has 1 saturated carbocycles. The number of methoxy groups -OCH3 is 1. The molecule has 0 heterocycles. The highest BCUT2D eigenvalue weighted by Gasteiger charge is 2.48. The van der Waals surface area contributed by atoms with Gasteiger partial charge in [-0.15, -0.1) is 0 Å². The Morgan fingerprint density at radius 3 is 2.57 bits per heavy atom. The van der Waals surface area contributed by atoms with Crippen LogP contribution in [0, 0.1) is 24.7 Å². The van der Waals surface area contributed by atoms with Crippen LogP contribution in [-0.2, 0) is 9.59 Å². The molecule has 1 aliphatic carbocycles. The minimum Gasteiger partial charge on any atom is -0.495 e. The quantitative estimate of drug-likeness (QED) is 0.837. The van der Waals surface area contributed by atoms with Crippen LogP contribution in [0.15, 0.2) is 12.1 Å². The van der Waals surface area contributed by atoms with Crippen LogP contribution in [-0.4, -0.2) is 25.5 Å². The van der Waals surface area contributed by atoms with Gasteiger partial charge in [0.05, 0.1) is 24.6 Å². The highest BCUT2D eigenvalue weighted by Crippen LogP contribution is 2.40. The molecule has 2 amide bonds. The lowest BCUT2D eigenvalue weighted by Gasteiger charge is -2.12. The van der Waals surface area contributed by atoms with Crippen molar-refractivity contribution in [2.24, 2.45) is 17.8 Å². The van der Waals surface area contributed by atoms with E-state index in [-0.39, 0.29) is 23.7 Å². The van der Waals surface area contributed by atoms with Crippen LogP contribution in [0.25, 0.3) is 0 Å². The van der Waals surface area contributed by atoms with Gasteiger partial charge in [-0.3, -0.25) is 9.59 Å². The van der Waals surface area contributed by atoms with Gasteiger partial charge in [0.1, 0.15) is 5.75 Å². The second-order valence-electron chi connectivity index (χ2n) is 6.38. The molecule has 6 heteroatoms. The summed E-state index contributed by atoms with van der Waals surface area (Å²) in [6.45, 7) is 6.56. The summed E-state index contributed by atoms with van der Waals surface area (Å²) in [7, 11) is 1.52. The fourth-order valence-electron chi connectivity index (χ4n) is 2.37. The molecule has 126 valence electrons. The highest BCUT2D eigenvalue weighted by molar-refractivity contribution is 6.31. The first-order valence-corrected chi connectivity index (χ1v) is 8.14. The van der Waals surface area contributed by atoms with Gasteiger partial charge in [0.2, 0.25) is 11.8 Å². The van der Waals surface area contributed by atoms with Crippen molar-refractivity contribution in [2.75, 3.05) is 19.0 Å². The largest absolute Gasteiger partial charge is 0.495 e. The summed E-state index contributed by atoms with van der Waals surface area (Å²) in [5, 5.41) is 6.29. The summed E-state index contributed by atoms with van der Waals surface area (Å²) in [6, 6.07) is 3.45. The normalized spacial score (nSPS) is 19.4. The van der Waals surface area contributed by atoms with Gasteiger partial charge in [0.15, 0.2) is 0 Å². The highest BCUT2D eigenvalue weighted by atomic mass is 35.5. The summed E-state index contributed by atoms with van der Waals surface area (Å²) in [5.74, 6) is 0.200. The van der Waals surface area contributed by atoms with Crippen molar-refractivity contribution in [2.45, 2.75) is 27.2 Å². The Bertz CT molecular complexity index is 616. The molecule has 2 unspecified atom stereocenters. The van der Waals surface area contributed by atoms with Crippen LogP contribution in [0.3, 0.4) is 0 Å². The summed E-state index contributed by atoms with van der Waals surface area (Å²) < 4.78 is 5.24. The van der Waals surface area contributed by atoms with Gasteiger partial charge in [-0.05, 0) is 30.9 Å². The number of anilines is 1. The van der Waals surface area contributed by atoms with E-state index in [4.69, 9.17) is 16.3 Å². The molecule has 5 nitrogen and oxygen atoms in total. The zero-order valence-electron chi connectivity index (χ0n) is 13.9. The van der Waals surface area contributed by atoms with Crippen molar-refractivity contribution in [3.63, 3.8) is 0 Å². The molecule has 0 aliphatic heterocycles. The van der Waals surface area contributed by atoms with Crippen molar-refractivity contribution in [1.29, 1.82) is 0 Å². The third-order valence-corrected chi connectivity index (χ3v) is 4.29. The van der Waals surface area contributed by atoms with E-state index >= 15 is 0 Å². The minimum absolute atomic E-state index is 0.0434. The fraction of sp³-hybridized carbons (Fsp3) is 0.529. The van der Waals surface area contributed by atoms with Gasteiger partial charge in [-0.1, -0.05) is 25.4 Å². The number of halogens is 1. The van der Waals surface area contributed by atoms with Gasteiger partial charge in [-0.2, -0.15) is 0 Å².